The summed E-state index contributed by atoms with van der Waals surface area (Å²) in [6.45, 7) is 9.73. The van der Waals surface area contributed by atoms with E-state index in [4.69, 9.17) is 0 Å². The Labute approximate surface area is 119 Å². The highest BCUT2D eigenvalue weighted by Crippen LogP contribution is 2.19. The number of piperidine rings is 1. The summed E-state index contributed by atoms with van der Waals surface area (Å²) in [6.07, 6.45) is 8.31. The molecule has 0 amide bonds. The molecule has 0 spiro atoms. The van der Waals surface area contributed by atoms with Crippen molar-refractivity contribution in [2.24, 2.45) is 0 Å². The van der Waals surface area contributed by atoms with Gasteiger partial charge in [-0.15, -0.1) is 0 Å². The highest BCUT2D eigenvalue weighted by atomic mass is 15.2. The molecule has 0 radical (unpaired) electrons. The first-order valence-corrected chi connectivity index (χ1v) is 8.34. The van der Waals surface area contributed by atoms with E-state index >= 15 is 0 Å². The fourth-order valence-corrected chi connectivity index (χ4v) is 3.58. The van der Waals surface area contributed by atoms with E-state index in [0.717, 1.165) is 12.1 Å². The Morgan fingerprint density at radius 3 is 2.68 bits per heavy atom. The largest absolute Gasteiger partial charge is 0.313 e. The van der Waals surface area contributed by atoms with Crippen LogP contribution in [0.3, 0.4) is 0 Å². The van der Waals surface area contributed by atoms with E-state index in [1.807, 2.05) is 0 Å². The molecule has 3 heteroatoms. The molecule has 2 aliphatic rings. The average Bonchev–Trinajstić information content (AvgIpc) is 2.88. The molecule has 19 heavy (non-hydrogen) atoms. The third kappa shape index (κ3) is 4.73. The molecular weight excluding hydrogens is 234 g/mol. The maximum absolute atomic E-state index is 3.64. The summed E-state index contributed by atoms with van der Waals surface area (Å²) in [5.41, 5.74) is 0. The normalized spacial score (nSPS) is 29.5. The van der Waals surface area contributed by atoms with Crippen molar-refractivity contribution in [3.8, 4) is 0 Å². The minimum Gasteiger partial charge on any atom is -0.313 e. The number of rotatable bonds is 6. The Morgan fingerprint density at radius 1 is 1.21 bits per heavy atom. The first kappa shape index (κ1) is 15.3. The van der Waals surface area contributed by atoms with Gasteiger partial charge in [-0.1, -0.05) is 6.42 Å². The molecular formula is C16H33N3. The van der Waals surface area contributed by atoms with Crippen LogP contribution in [0.4, 0.5) is 0 Å². The van der Waals surface area contributed by atoms with Gasteiger partial charge in [0.1, 0.15) is 0 Å². The van der Waals surface area contributed by atoms with Crippen molar-refractivity contribution in [1.29, 1.82) is 0 Å². The van der Waals surface area contributed by atoms with Gasteiger partial charge in [0.25, 0.3) is 0 Å². The number of likely N-dealkylation sites (tertiary alicyclic amines) is 1. The Kier molecular flexibility index (Phi) is 6.11. The molecule has 2 heterocycles. The molecule has 0 aliphatic carbocycles. The molecule has 2 atom stereocenters. The second kappa shape index (κ2) is 7.61. The zero-order chi connectivity index (χ0) is 13.7. The van der Waals surface area contributed by atoms with Crippen molar-refractivity contribution >= 4 is 0 Å². The lowest BCUT2D eigenvalue weighted by molar-refractivity contribution is 0.137. The van der Waals surface area contributed by atoms with Gasteiger partial charge in [-0.2, -0.15) is 0 Å². The van der Waals surface area contributed by atoms with Gasteiger partial charge >= 0.3 is 0 Å². The predicted octanol–water partition coefficient (Wildman–Crippen LogP) is 2.32. The van der Waals surface area contributed by atoms with Gasteiger partial charge in [-0.25, -0.2) is 0 Å². The monoisotopic (exact) mass is 267 g/mol. The molecule has 2 rings (SSSR count). The van der Waals surface area contributed by atoms with Crippen molar-refractivity contribution in [3.63, 3.8) is 0 Å². The molecule has 0 aromatic heterocycles. The quantitative estimate of drug-likeness (QED) is 0.797. The summed E-state index contributed by atoms with van der Waals surface area (Å²) in [4.78, 5) is 5.27. The molecule has 2 fully saturated rings. The average molecular weight is 267 g/mol. The number of hydrogen-bond donors (Lipinski definition) is 1. The van der Waals surface area contributed by atoms with Crippen molar-refractivity contribution < 1.29 is 0 Å². The first-order chi connectivity index (χ1) is 9.16. The molecule has 0 bridgehead atoms. The molecule has 0 saturated carbocycles. The highest BCUT2D eigenvalue weighted by Gasteiger charge is 2.23. The van der Waals surface area contributed by atoms with Crippen LogP contribution in [0.15, 0.2) is 0 Å². The molecule has 2 unspecified atom stereocenters. The topological polar surface area (TPSA) is 18.5 Å². The van der Waals surface area contributed by atoms with Crippen molar-refractivity contribution in [2.45, 2.75) is 70.5 Å². The summed E-state index contributed by atoms with van der Waals surface area (Å²) in [7, 11) is 2.31. The molecule has 3 nitrogen and oxygen atoms in total. The van der Waals surface area contributed by atoms with E-state index < -0.39 is 0 Å². The molecule has 1 N–H and O–H groups in total. The SMILES string of the molecule is CC(C)N(CCC1CCCCN1C)CC1CCCN1. The maximum Gasteiger partial charge on any atom is 0.0195 e. The van der Waals surface area contributed by atoms with Crippen LogP contribution in [0.5, 0.6) is 0 Å². The summed E-state index contributed by atoms with van der Waals surface area (Å²) >= 11 is 0. The molecule has 2 aliphatic heterocycles. The van der Waals surface area contributed by atoms with Crippen LogP contribution in [0.25, 0.3) is 0 Å². The lowest BCUT2D eigenvalue weighted by Crippen LogP contribution is -2.44. The fourth-order valence-electron chi connectivity index (χ4n) is 3.58. The second-order valence-corrected chi connectivity index (χ2v) is 6.80. The fraction of sp³-hybridized carbons (Fsp3) is 1.00. The van der Waals surface area contributed by atoms with Crippen LogP contribution in [-0.4, -0.2) is 61.2 Å². The third-order valence-electron chi connectivity index (χ3n) is 5.02. The minimum atomic E-state index is 0.677. The van der Waals surface area contributed by atoms with Gasteiger partial charge < -0.3 is 10.2 Å². The van der Waals surface area contributed by atoms with Gasteiger partial charge in [0.2, 0.25) is 0 Å². The smallest absolute Gasteiger partial charge is 0.0195 e. The highest BCUT2D eigenvalue weighted by molar-refractivity contribution is 4.81. The lowest BCUT2D eigenvalue weighted by atomic mass is 9.99. The van der Waals surface area contributed by atoms with Gasteiger partial charge in [-0.05, 0) is 72.6 Å². The number of nitrogens with one attached hydrogen (secondary N) is 1. The van der Waals surface area contributed by atoms with Crippen molar-refractivity contribution in [2.75, 3.05) is 33.2 Å². The summed E-state index contributed by atoms with van der Waals surface area (Å²) in [5, 5.41) is 3.64. The predicted molar refractivity (Wildman–Crippen MR) is 82.6 cm³/mol. The Morgan fingerprint density at radius 2 is 2.05 bits per heavy atom. The minimum absolute atomic E-state index is 0.677. The van der Waals surface area contributed by atoms with Crippen LogP contribution in [0, 0.1) is 0 Å². The van der Waals surface area contributed by atoms with Crippen LogP contribution in [0.2, 0.25) is 0 Å². The number of nitrogens with zero attached hydrogens (tertiary/aromatic N) is 2. The van der Waals surface area contributed by atoms with Crippen molar-refractivity contribution in [1.82, 2.24) is 15.1 Å². The number of hydrogen-bond acceptors (Lipinski definition) is 3. The van der Waals surface area contributed by atoms with E-state index in [9.17, 15) is 0 Å². The van der Waals surface area contributed by atoms with Crippen molar-refractivity contribution in [3.05, 3.63) is 0 Å². The second-order valence-electron chi connectivity index (χ2n) is 6.80. The lowest BCUT2D eigenvalue weighted by Gasteiger charge is -2.36. The summed E-state index contributed by atoms with van der Waals surface area (Å²) in [5.74, 6) is 0. The van der Waals surface area contributed by atoms with Gasteiger partial charge in [0.15, 0.2) is 0 Å². The zero-order valence-electron chi connectivity index (χ0n) is 13.2. The standard InChI is InChI=1S/C16H33N3/c1-14(2)19(13-15-7-6-10-17-15)12-9-16-8-4-5-11-18(16)3/h14-17H,4-13H2,1-3H3. The summed E-state index contributed by atoms with van der Waals surface area (Å²) < 4.78 is 0. The zero-order valence-corrected chi connectivity index (χ0v) is 13.2. The molecule has 0 aromatic rings. The van der Waals surface area contributed by atoms with Gasteiger partial charge in [-0.3, -0.25) is 4.90 Å². The van der Waals surface area contributed by atoms with Crippen LogP contribution >= 0.6 is 0 Å². The molecule has 112 valence electrons. The molecule has 0 aromatic carbocycles. The van der Waals surface area contributed by atoms with E-state index in [1.165, 1.54) is 64.7 Å². The Bertz CT molecular complexity index is 248. The van der Waals surface area contributed by atoms with E-state index in [0.29, 0.717) is 6.04 Å². The van der Waals surface area contributed by atoms with E-state index in [2.05, 4.69) is 36.0 Å². The van der Waals surface area contributed by atoms with Gasteiger partial charge in [0, 0.05) is 24.7 Å². The Balaban J connectivity index is 1.75. The summed E-state index contributed by atoms with van der Waals surface area (Å²) in [6, 6.07) is 2.24. The van der Waals surface area contributed by atoms with Crippen LogP contribution < -0.4 is 5.32 Å². The van der Waals surface area contributed by atoms with Crippen LogP contribution in [0.1, 0.15) is 52.4 Å². The third-order valence-corrected chi connectivity index (χ3v) is 5.02. The Hall–Kier alpha value is -0.120. The maximum atomic E-state index is 3.64. The molecule has 2 saturated heterocycles. The van der Waals surface area contributed by atoms with E-state index in [1.54, 1.807) is 0 Å². The van der Waals surface area contributed by atoms with Gasteiger partial charge in [0.05, 0.1) is 0 Å². The van der Waals surface area contributed by atoms with Crippen LogP contribution in [-0.2, 0) is 0 Å². The van der Waals surface area contributed by atoms with E-state index in [-0.39, 0.29) is 0 Å². The first-order valence-electron chi connectivity index (χ1n) is 8.34.